The molecule has 0 bridgehead atoms. The molecule has 16 heavy (non-hydrogen) atoms. The van der Waals surface area contributed by atoms with Crippen LogP contribution in [0.1, 0.15) is 44.3 Å². The van der Waals surface area contributed by atoms with Gasteiger partial charge in [-0.05, 0) is 25.3 Å². The molecule has 1 heterocycles. The van der Waals surface area contributed by atoms with Gasteiger partial charge >= 0.3 is 0 Å². The predicted molar refractivity (Wildman–Crippen MR) is 61.9 cm³/mol. The standard InChI is InChI=1S/C11H21N5/c1-12-9-11(6-4-2-3-5-7-11)8-10-13-15-16-14-10/h12H,2-9H2,1H3,(H,13,14,15,16). The van der Waals surface area contributed by atoms with Crippen molar-refractivity contribution in [2.45, 2.75) is 44.9 Å². The quantitative estimate of drug-likeness (QED) is 0.755. The van der Waals surface area contributed by atoms with Gasteiger partial charge in [0, 0.05) is 13.0 Å². The molecule has 2 N–H and O–H groups in total. The first kappa shape index (κ1) is 11.5. The zero-order chi connectivity index (χ0) is 11.3. The molecule has 1 aromatic heterocycles. The first-order chi connectivity index (χ1) is 7.85. The molecule has 0 radical (unpaired) electrons. The van der Waals surface area contributed by atoms with E-state index >= 15 is 0 Å². The Morgan fingerprint density at radius 3 is 2.56 bits per heavy atom. The molecule has 0 saturated heterocycles. The molecule has 2 rings (SSSR count). The van der Waals surface area contributed by atoms with E-state index in [4.69, 9.17) is 0 Å². The minimum absolute atomic E-state index is 0.342. The van der Waals surface area contributed by atoms with Gasteiger partial charge in [-0.25, -0.2) is 0 Å². The highest BCUT2D eigenvalue weighted by Gasteiger charge is 2.31. The second kappa shape index (κ2) is 5.39. The molecule has 0 atom stereocenters. The Hall–Kier alpha value is -0.970. The normalized spacial score (nSPS) is 20.6. The van der Waals surface area contributed by atoms with E-state index in [9.17, 15) is 0 Å². The van der Waals surface area contributed by atoms with Crippen LogP contribution in [0.5, 0.6) is 0 Å². The summed E-state index contributed by atoms with van der Waals surface area (Å²) in [6.45, 7) is 1.06. The highest BCUT2D eigenvalue weighted by atomic mass is 15.5. The van der Waals surface area contributed by atoms with Crippen LogP contribution in [0.3, 0.4) is 0 Å². The Kier molecular flexibility index (Phi) is 3.88. The summed E-state index contributed by atoms with van der Waals surface area (Å²) < 4.78 is 0. The van der Waals surface area contributed by atoms with Crippen LogP contribution in [0.15, 0.2) is 0 Å². The lowest BCUT2D eigenvalue weighted by Crippen LogP contribution is -2.34. The van der Waals surface area contributed by atoms with Gasteiger partial charge in [0.2, 0.25) is 0 Å². The molecule has 5 nitrogen and oxygen atoms in total. The van der Waals surface area contributed by atoms with Gasteiger partial charge in [0.25, 0.3) is 0 Å². The van der Waals surface area contributed by atoms with Crippen molar-refractivity contribution in [3.8, 4) is 0 Å². The molecule has 1 fully saturated rings. The summed E-state index contributed by atoms with van der Waals surface area (Å²) in [6, 6.07) is 0. The molecule has 1 saturated carbocycles. The minimum atomic E-state index is 0.342. The third-order valence-corrected chi connectivity index (χ3v) is 3.64. The monoisotopic (exact) mass is 223 g/mol. The zero-order valence-electron chi connectivity index (χ0n) is 10.00. The lowest BCUT2D eigenvalue weighted by atomic mass is 9.77. The number of rotatable bonds is 4. The van der Waals surface area contributed by atoms with Crippen LogP contribution in [-0.4, -0.2) is 34.2 Å². The number of tetrazole rings is 1. The molecule has 1 aliphatic rings. The Morgan fingerprint density at radius 2 is 2.00 bits per heavy atom. The van der Waals surface area contributed by atoms with Crippen molar-refractivity contribution < 1.29 is 0 Å². The molecule has 1 aromatic rings. The van der Waals surface area contributed by atoms with Crippen molar-refractivity contribution in [1.29, 1.82) is 0 Å². The first-order valence-electron chi connectivity index (χ1n) is 6.22. The summed E-state index contributed by atoms with van der Waals surface area (Å²) >= 11 is 0. The fourth-order valence-corrected chi connectivity index (χ4v) is 2.86. The number of nitrogens with zero attached hydrogens (tertiary/aromatic N) is 3. The number of hydrogen-bond donors (Lipinski definition) is 2. The molecule has 0 unspecified atom stereocenters. The van der Waals surface area contributed by atoms with Crippen molar-refractivity contribution >= 4 is 0 Å². The van der Waals surface area contributed by atoms with Crippen molar-refractivity contribution in [1.82, 2.24) is 25.9 Å². The smallest absolute Gasteiger partial charge is 0.175 e. The molecule has 90 valence electrons. The molecule has 0 spiro atoms. The highest BCUT2D eigenvalue weighted by Crippen LogP contribution is 2.36. The van der Waals surface area contributed by atoms with Crippen LogP contribution in [0.4, 0.5) is 0 Å². The van der Waals surface area contributed by atoms with Gasteiger partial charge < -0.3 is 5.32 Å². The SMILES string of the molecule is CNCC1(Cc2nn[nH]n2)CCCCCC1. The minimum Gasteiger partial charge on any atom is -0.319 e. The first-order valence-corrected chi connectivity index (χ1v) is 6.22. The van der Waals surface area contributed by atoms with Gasteiger partial charge in [0.15, 0.2) is 5.82 Å². The van der Waals surface area contributed by atoms with Gasteiger partial charge in [-0.2, -0.15) is 5.21 Å². The number of aromatic nitrogens is 4. The van der Waals surface area contributed by atoms with Crippen molar-refractivity contribution in [2.24, 2.45) is 5.41 Å². The number of nitrogens with one attached hydrogen (secondary N) is 2. The third-order valence-electron chi connectivity index (χ3n) is 3.64. The third kappa shape index (κ3) is 2.78. The molecule has 0 amide bonds. The van der Waals surface area contributed by atoms with Crippen LogP contribution < -0.4 is 5.32 Å². The van der Waals surface area contributed by atoms with Gasteiger partial charge in [-0.3, -0.25) is 0 Å². The molecule has 5 heteroatoms. The van der Waals surface area contributed by atoms with Crippen LogP contribution in [0, 0.1) is 5.41 Å². The van der Waals surface area contributed by atoms with E-state index in [1.54, 1.807) is 0 Å². The molecular formula is C11H21N5. The van der Waals surface area contributed by atoms with Crippen LogP contribution >= 0.6 is 0 Å². The summed E-state index contributed by atoms with van der Waals surface area (Å²) in [5.41, 5.74) is 0.342. The van der Waals surface area contributed by atoms with E-state index in [2.05, 4.69) is 25.9 Å². The van der Waals surface area contributed by atoms with E-state index in [0.29, 0.717) is 5.41 Å². The molecule has 0 aliphatic heterocycles. The van der Waals surface area contributed by atoms with Gasteiger partial charge in [0.1, 0.15) is 0 Å². The molecular weight excluding hydrogens is 202 g/mol. The van der Waals surface area contributed by atoms with Crippen molar-refractivity contribution in [3.05, 3.63) is 5.82 Å². The maximum absolute atomic E-state index is 4.09. The number of hydrogen-bond acceptors (Lipinski definition) is 4. The highest BCUT2D eigenvalue weighted by molar-refractivity contribution is 4.92. The van der Waals surface area contributed by atoms with E-state index in [1.807, 2.05) is 7.05 Å². The van der Waals surface area contributed by atoms with Crippen molar-refractivity contribution in [2.75, 3.05) is 13.6 Å². The lowest BCUT2D eigenvalue weighted by Gasteiger charge is -2.31. The second-order valence-corrected chi connectivity index (χ2v) is 4.95. The average molecular weight is 223 g/mol. The van der Waals surface area contributed by atoms with E-state index in [-0.39, 0.29) is 0 Å². The lowest BCUT2D eigenvalue weighted by molar-refractivity contribution is 0.231. The number of aromatic amines is 1. The second-order valence-electron chi connectivity index (χ2n) is 4.95. The van der Waals surface area contributed by atoms with Gasteiger partial charge in [-0.15, -0.1) is 10.2 Å². The molecule has 1 aliphatic carbocycles. The van der Waals surface area contributed by atoms with E-state index in [0.717, 1.165) is 18.8 Å². The van der Waals surface area contributed by atoms with Crippen LogP contribution in [0.2, 0.25) is 0 Å². The Morgan fingerprint density at radius 1 is 1.25 bits per heavy atom. The fraction of sp³-hybridized carbons (Fsp3) is 0.909. The molecule has 0 aromatic carbocycles. The van der Waals surface area contributed by atoms with Gasteiger partial charge in [-0.1, -0.05) is 30.9 Å². The largest absolute Gasteiger partial charge is 0.319 e. The maximum atomic E-state index is 4.09. The number of H-pyrrole nitrogens is 1. The summed E-state index contributed by atoms with van der Waals surface area (Å²) in [6.07, 6.45) is 8.92. The van der Waals surface area contributed by atoms with Gasteiger partial charge in [0.05, 0.1) is 0 Å². The van der Waals surface area contributed by atoms with E-state index < -0.39 is 0 Å². The Labute approximate surface area is 96.4 Å². The Balaban J connectivity index is 2.06. The van der Waals surface area contributed by atoms with E-state index in [1.165, 1.54) is 38.5 Å². The fourth-order valence-electron chi connectivity index (χ4n) is 2.86. The topological polar surface area (TPSA) is 66.5 Å². The Bertz CT molecular complexity index is 287. The summed E-state index contributed by atoms with van der Waals surface area (Å²) in [5.74, 6) is 0.858. The zero-order valence-corrected chi connectivity index (χ0v) is 10.00. The van der Waals surface area contributed by atoms with Crippen molar-refractivity contribution in [3.63, 3.8) is 0 Å². The summed E-state index contributed by atoms with van der Waals surface area (Å²) in [7, 11) is 2.03. The maximum Gasteiger partial charge on any atom is 0.175 e. The summed E-state index contributed by atoms with van der Waals surface area (Å²) in [5, 5.41) is 17.7. The average Bonchev–Trinajstić information content (AvgIpc) is 2.66. The van der Waals surface area contributed by atoms with Crippen LogP contribution in [-0.2, 0) is 6.42 Å². The predicted octanol–water partition coefficient (Wildman–Crippen LogP) is 1.30. The van der Waals surface area contributed by atoms with Crippen LogP contribution in [0.25, 0.3) is 0 Å². The summed E-state index contributed by atoms with van der Waals surface area (Å²) in [4.78, 5) is 0.